The molecule has 18 nitrogen and oxygen atoms in total. The van der Waals surface area contributed by atoms with Gasteiger partial charge in [0.1, 0.15) is 53.7 Å². The second-order valence-corrected chi connectivity index (χ2v) is 22.4. The van der Waals surface area contributed by atoms with E-state index in [0.29, 0.717) is 53.0 Å². The van der Waals surface area contributed by atoms with E-state index >= 15 is 0 Å². The van der Waals surface area contributed by atoms with E-state index in [1.165, 1.54) is 19.0 Å². The highest BCUT2D eigenvalue weighted by Gasteiger charge is 2.23. The number of nitrogens with two attached hydrogens (primary N) is 1. The largest absolute Gasteiger partial charge is 0.393 e. The first kappa shape index (κ1) is 60.4. The highest BCUT2D eigenvalue weighted by Crippen LogP contribution is 2.30. The minimum atomic E-state index is -1.00. The van der Waals surface area contributed by atoms with Crippen LogP contribution in [0.25, 0.3) is 43.6 Å². The number of fused-ring (bicyclic) bond motifs is 4. The van der Waals surface area contributed by atoms with Crippen LogP contribution in [0.4, 0.5) is 21.8 Å². The molecule has 8 aromatic rings. The summed E-state index contributed by atoms with van der Waals surface area (Å²) in [4.78, 5) is 44.9. The van der Waals surface area contributed by atoms with E-state index in [9.17, 15) is 19.4 Å². The Morgan fingerprint density at radius 2 is 0.864 bits per heavy atom. The summed E-state index contributed by atoms with van der Waals surface area (Å²) in [6.07, 6.45) is 19.7. The Morgan fingerprint density at radius 1 is 0.531 bits per heavy atom. The molecule has 4 aromatic heterocycles. The molecule has 0 bridgehead atoms. The third-order valence-corrected chi connectivity index (χ3v) is 15.7. The maximum atomic E-state index is 11.3. The average Bonchev–Trinajstić information content (AvgIpc) is 3.70. The minimum Gasteiger partial charge on any atom is -0.393 e. The molecule has 0 saturated heterocycles. The van der Waals surface area contributed by atoms with E-state index in [1.807, 2.05) is 54.6 Å². The van der Waals surface area contributed by atoms with Gasteiger partial charge in [0, 0.05) is 67.5 Å². The molecule has 22 heteroatoms. The number of aromatic nitrogens is 8. The second-order valence-electron chi connectivity index (χ2n) is 20.2. The maximum Gasteiger partial charge on any atom is 0.140 e. The van der Waals surface area contributed by atoms with Gasteiger partial charge in [-0.15, -0.1) is 0 Å². The summed E-state index contributed by atoms with van der Waals surface area (Å²) in [5.41, 5.74) is 10.2. The van der Waals surface area contributed by atoms with E-state index in [0.717, 1.165) is 160 Å². The highest BCUT2D eigenvalue weighted by atomic mass is 79.9. The van der Waals surface area contributed by atoms with E-state index in [4.69, 9.17) is 34.3 Å². The number of alkyl halides is 1. The molecule has 0 radical (unpaired) electrons. The molecule has 424 valence electrons. The molecule has 0 atom stereocenters. The van der Waals surface area contributed by atoms with Gasteiger partial charge in [-0.1, -0.05) is 43.5 Å². The van der Waals surface area contributed by atoms with Gasteiger partial charge < -0.3 is 37.0 Å². The van der Waals surface area contributed by atoms with Crippen LogP contribution in [0.2, 0.25) is 5.15 Å². The number of aliphatic hydroxyl groups is 3. The van der Waals surface area contributed by atoms with Crippen LogP contribution in [-0.2, 0) is 4.79 Å². The van der Waals surface area contributed by atoms with Crippen molar-refractivity contribution in [3.8, 4) is 12.1 Å². The average molecular weight is 1250 g/mol. The van der Waals surface area contributed by atoms with Gasteiger partial charge in [0.25, 0.3) is 0 Å². The normalized spacial score (nSPS) is 20.7. The number of benzene rings is 4. The number of rotatable bonds is 6. The lowest BCUT2D eigenvalue weighted by Gasteiger charge is -2.26. The number of ketones is 1. The SMILES string of the molecule is Clc1ncnc2ccc(Br)cc12.N#Cc1ccc2ncnc(NC3CCC(=O)CC3)c2c1.N#Cc1ccc2ncnc(NC3CCC(O)CC3)c2c1.NC1CCC(O)CC1.OC1CCC(Nc2ncnc3ccc(Br)cc23)CC1.[2H]CF. The number of anilines is 3. The number of carbonyl (C=O) groups excluding carboxylic acids is 1. The summed E-state index contributed by atoms with van der Waals surface area (Å²) in [6.45, 7) is 0. The van der Waals surface area contributed by atoms with Gasteiger partial charge in [-0.25, -0.2) is 39.9 Å². The molecule has 4 aliphatic carbocycles. The fourth-order valence-electron chi connectivity index (χ4n) is 9.83. The van der Waals surface area contributed by atoms with Crippen molar-refractivity contribution in [2.75, 3.05) is 23.1 Å². The summed E-state index contributed by atoms with van der Waals surface area (Å²) in [7, 11) is -1.00. The van der Waals surface area contributed by atoms with Gasteiger partial charge in [-0.3, -0.25) is 9.18 Å². The molecular weight excluding hydrogens is 1180 g/mol. The first-order chi connectivity index (χ1) is 39.7. The van der Waals surface area contributed by atoms with Crippen LogP contribution in [0.1, 0.15) is 115 Å². The number of nitrogens with zero attached hydrogens (tertiary/aromatic N) is 10. The lowest BCUT2D eigenvalue weighted by Crippen LogP contribution is -2.28. The lowest BCUT2D eigenvalue weighted by atomic mass is 9.93. The second kappa shape index (κ2) is 31.5. The van der Waals surface area contributed by atoms with Crippen LogP contribution in [0.5, 0.6) is 0 Å². The van der Waals surface area contributed by atoms with Crippen molar-refractivity contribution in [2.24, 2.45) is 5.73 Å². The van der Waals surface area contributed by atoms with Crippen molar-refractivity contribution in [3.05, 3.63) is 123 Å². The van der Waals surface area contributed by atoms with E-state index < -0.39 is 7.15 Å². The highest BCUT2D eigenvalue weighted by molar-refractivity contribution is 9.10. The molecule has 8 N–H and O–H groups in total. The molecule has 4 saturated carbocycles. The predicted octanol–water partition coefficient (Wildman–Crippen LogP) is 11.6. The summed E-state index contributed by atoms with van der Waals surface area (Å²) in [6, 6.07) is 28.1. The van der Waals surface area contributed by atoms with Crippen LogP contribution in [0.15, 0.2) is 107 Å². The zero-order chi connectivity index (χ0) is 58.4. The summed E-state index contributed by atoms with van der Waals surface area (Å²) in [5, 5.41) is 60.5. The van der Waals surface area contributed by atoms with Gasteiger partial charge in [-0.2, -0.15) is 10.5 Å². The van der Waals surface area contributed by atoms with Gasteiger partial charge >= 0.3 is 0 Å². The van der Waals surface area contributed by atoms with Gasteiger partial charge in [-0.05, 0) is 163 Å². The number of carbonyl (C=O) groups is 1. The van der Waals surface area contributed by atoms with E-state index in [-0.39, 0.29) is 24.4 Å². The van der Waals surface area contributed by atoms with Crippen molar-refractivity contribution in [3.63, 3.8) is 0 Å². The Labute approximate surface area is 493 Å². The molecule has 81 heavy (non-hydrogen) atoms. The number of Topliss-reactive ketones (excluding diaryl/α,β-unsaturated/α-hetero) is 1. The third-order valence-electron chi connectivity index (χ3n) is 14.4. The monoisotopic (exact) mass is 1250 g/mol. The van der Waals surface area contributed by atoms with Gasteiger partial charge in [0.05, 0.1) is 72.2 Å². The molecule has 4 fully saturated rings. The zero-order valence-electron chi connectivity index (χ0n) is 45.6. The number of halogens is 4. The minimum absolute atomic E-state index is 0.0604. The van der Waals surface area contributed by atoms with Crippen LogP contribution in [-0.4, -0.2) is 111 Å². The summed E-state index contributed by atoms with van der Waals surface area (Å²) >= 11 is 12.7. The molecule has 4 aliphatic rings. The van der Waals surface area contributed by atoms with Gasteiger partial charge in [0.15, 0.2) is 0 Å². The fraction of sp³-hybridized carbons (Fsp3) is 0.407. The Morgan fingerprint density at radius 3 is 1.26 bits per heavy atom. The standard InChI is InChI=1S/C15H16N4O.C15H14N4O.C14H16BrN3O.C8H4BrClN2.C6H13NO.CH3F/c2*16-8-10-1-6-14-13(7-10)15(18-9-17-14)19-11-2-4-12(20)5-3-11;15-9-1-6-13-12(7-9)14(17-8-16-13)18-10-2-4-11(19)5-3-10;9-5-1-2-7-6(3-5)8(10)12-4-11-7;7-5-1-3-6(8)4-2-5;1-2/h1,6-7,9,11-12,20H,2-5H2,(H,17,18,19);1,6-7,9,11H,2-5H2,(H,17,18,19);1,6-8,10-11,19H,2-5H2,(H,16,17,18);1-4H;5-6,8H,1-4,7H2;1H3/i;;;;;1D. The van der Waals surface area contributed by atoms with Crippen molar-refractivity contribution in [1.29, 1.82) is 10.5 Å². The van der Waals surface area contributed by atoms with Crippen LogP contribution in [0.3, 0.4) is 0 Å². The predicted molar refractivity (Wildman–Crippen MR) is 322 cm³/mol. The number of aliphatic hydroxyl groups excluding tert-OH is 3. The quantitative estimate of drug-likeness (QED) is 0.0761. The van der Waals surface area contributed by atoms with E-state index in [2.05, 4.69) is 99.8 Å². The van der Waals surface area contributed by atoms with E-state index in [1.54, 1.807) is 24.5 Å². The number of hydrogen-bond donors (Lipinski definition) is 7. The number of nitrogens with one attached hydrogen (secondary N) is 3. The Kier molecular flexibility index (Phi) is 23.5. The van der Waals surface area contributed by atoms with Gasteiger partial charge in [0.2, 0.25) is 0 Å². The van der Waals surface area contributed by atoms with Crippen molar-refractivity contribution >= 4 is 110 Å². The molecule has 0 unspecified atom stereocenters. The van der Waals surface area contributed by atoms with Crippen LogP contribution >= 0.6 is 43.5 Å². The molecular formula is C59H66Br2ClFN14O4. The fourth-order valence-corrected chi connectivity index (χ4v) is 10.7. The summed E-state index contributed by atoms with van der Waals surface area (Å²) < 4.78 is 17.5. The Bertz CT molecular complexity index is 3430. The van der Waals surface area contributed by atoms with Crippen molar-refractivity contribution < 1.29 is 25.9 Å². The first-order valence-corrected chi connectivity index (χ1v) is 28.9. The molecule has 0 spiro atoms. The smallest absolute Gasteiger partial charge is 0.140 e. The van der Waals surface area contributed by atoms with Crippen LogP contribution in [0, 0.1) is 22.7 Å². The van der Waals surface area contributed by atoms with Crippen molar-refractivity contribution in [1.82, 2.24) is 39.9 Å². The topological polar surface area (TPSA) is 291 Å². The molecule has 0 aliphatic heterocycles. The zero-order valence-corrected chi connectivity index (χ0v) is 48.5. The lowest BCUT2D eigenvalue weighted by molar-refractivity contribution is -0.120. The Hall–Kier alpha value is -6.69. The van der Waals surface area contributed by atoms with Crippen LogP contribution < -0.4 is 21.7 Å². The van der Waals surface area contributed by atoms with Crippen molar-refractivity contribution in [2.45, 2.75) is 145 Å². The summed E-state index contributed by atoms with van der Waals surface area (Å²) in [5.74, 6) is 2.73. The maximum absolute atomic E-state index is 11.3. The molecule has 4 heterocycles. The molecule has 0 amide bonds. The Balaban J connectivity index is 0.000000150. The third kappa shape index (κ3) is 18.7. The number of hydrogen-bond acceptors (Lipinski definition) is 18. The number of nitriles is 2. The first-order valence-electron chi connectivity index (χ1n) is 27.6. The molecule has 4 aromatic carbocycles. The molecule has 12 rings (SSSR count).